The van der Waals surface area contributed by atoms with Crippen molar-refractivity contribution in [1.82, 2.24) is 25.7 Å². The van der Waals surface area contributed by atoms with Crippen molar-refractivity contribution in [2.24, 2.45) is 4.99 Å². The summed E-state index contributed by atoms with van der Waals surface area (Å²) in [7, 11) is 1.76. The van der Waals surface area contributed by atoms with E-state index in [1.165, 1.54) is 5.56 Å². The van der Waals surface area contributed by atoms with Crippen LogP contribution in [-0.2, 0) is 11.2 Å². The Morgan fingerprint density at radius 3 is 2.61 bits per heavy atom. The Morgan fingerprint density at radius 1 is 1.21 bits per heavy atom. The Balaban J connectivity index is 0.00000280. The minimum absolute atomic E-state index is 0. The van der Waals surface area contributed by atoms with Gasteiger partial charge in [-0.1, -0.05) is 12.1 Å². The van der Waals surface area contributed by atoms with Gasteiger partial charge >= 0.3 is 0 Å². The molecule has 3 N–H and O–H groups in total. The lowest BCUT2D eigenvalue weighted by molar-refractivity contribution is -0.121. The van der Waals surface area contributed by atoms with Crippen LogP contribution < -0.4 is 16.0 Å². The van der Waals surface area contributed by atoms with E-state index in [1.807, 2.05) is 16.9 Å². The second kappa shape index (κ2) is 11.7. The summed E-state index contributed by atoms with van der Waals surface area (Å²) in [5.74, 6) is 0.923. The normalized spacial score (nSPS) is 13.5. The zero-order valence-electron chi connectivity index (χ0n) is 16.2. The maximum atomic E-state index is 11.6. The first-order valence-electron chi connectivity index (χ1n) is 9.57. The lowest BCUT2D eigenvalue weighted by Crippen LogP contribution is -2.39. The second-order valence-electron chi connectivity index (χ2n) is 6.74. The molecule has 1 aromatic carbocycles. The summed E-state index contributed by atoms with van der Waals surface area (Å²) in [5, 5.41) is 13.8. The molecule has 0 radical (unpaired) electrons. The molecule has 0 saturated heterocycles. The number of nitrogens with one attached hydrogen (secondary N) is 3. The van der Waals surface area contributed by atoms with E-state index in [9.17, 15) is 4.79 Å². The number of benzene rings is 1. The number of guanidine groups is 1. The first-order chi connectivity index (χ1) is 13.2. The highest BCUT2D eigenvalue weighted by Gasteiger charge is 2.22. The number of carbonyl (C=O) groups excluding carboxylic acids is 1. The Kier molecular flexibility index (Phi) is 9.26. The summed E-state index contributed by atoms with van der Waals surface area (Å²) in [6.45, 7) is 1.53. The predicted octanol–water partition coefficient (Wildman–Crippen LogP) is 2.26. The maximum absolute atomic E-state index is 11.6. The number of rotatable bonds is 9. The molecule has 7 nitrogen and oxygen atoms in total. The fraction of sp³-hybridized carbons (Fsp3) is 0.450. The molecule has 0 atom stereocenters. The molecule has 1 aliphatic rings. The van der Waals surface area contributed by atoms with Crippen LogP contribution in [0, 0.1) is 0 Å². The summed E-state index contributed by atoms with van der Waals surface area (Å²) in [5.41, 5.74) is 2.31. The van der Waals surface area contributed by atoms with Gasteiger partial charge in [0.15, 0.2) is 5.96 Å². The number of aliphatic imine (C=N–C) groups is 1. The van der Waals surface area contributed by atoms with Crippen molar-refractivity contribution in [3.05, 3.63) is 48.3 Å². The number of halogens is 1. The van der Waals surface area contributed by atoms with E-state index in [4.69, 9.17) is 0 Å². The molecule has 1 amide bonds. The SMILES string of the molecule is CN=C(NCCCC(=O)NC1CC1)NCCc1ccc(-n2cccn2)cc1.I. The largest absolute Gasteiger partial charge is 0.356 e. The van der Waals surface area contributed by atoms with Gasteiger partial charge in [-0.2, -0.15) is 5.10 Å². The summed E-state index contributed by atoms with van der Waals surface area (Å²) in [6, 6.07) is 10.7. The van der Waals surface area contributed by atoms with Gasteiger partial charge in [-0.15, -0.1) is 24.0 Å². The van der Waals surface area contributed by atoms with Crippen LogP contribution in [0.3, 0.4) is 0 Å². The van der Waals surface area contributed by atoms with E-state index >= 15 is 0 Å². The van der Waals surface area contributed by atoms with E-state index < -0.39 is 0 Å². The summed E-state index contributed by atoms with van der Waals surface area (Å²) < 4.78 is 1.85. The molecular formula is C20H29IN6O. The average Bonchev–Trinajstić information content (AvgIpc) is 3.32. The summed E-state index contributed by atoms with van der Waals surface area (Å²) >= 11 is 0. The highest BCUT2D eigenvalue weighted by molar-refractivity contribution is 14.0. The van der Waals surface area contributed by atoms with Gasteiger partial charge in [0, 0.05) is 45.0 Å². The van der Waals surface area contributed by atoms with Gasteiger partial charge in [0.05, 0.1) is 5.69 Å². The Bertz CT molecular complexity index is 741. The summed E-state index contributed by atoms with van der Waals surface area (Å²) in [4.78, 5) is 15.9. The first-order valence-corrected chi connectivity index (χ1v) is 9.57. The predicted molar refractivity (Wildman–Crippen MR) is 122 cm³/mol. The first kappa shape index (κ1) is 22.2. The molecule has 28 heavy (non-hydrogen) atoms. The van der Waals surface area contributed by atoms with Crippen molar-refractivity contribution in [1.29, 1.82) is 0 Å². The van der Waals surface area contributed by atoms with Gasteiger partial charge in [0.25, 0.3) is 0 Å². The van der Waals surface area contributed by atoms with Crippen molar-refractivity contribution in [2.45, 2.75) is 38.1 Å². The molecule has 8 heteroatoms. The third kappa shape index (κ3) is 7.49. The Labute approximate surface area is 183 Å². The van der Waals surface area contributed by atoms with Gasteiger partial charge < -0.3 is 16.0 Å². The monoisotopic (exact) mass is 496 g/mol. The van der Waals surface area contributed by atoms with Gasteiger partial charge in [-0.05, 0) is 49.4 Å². The number of amides is 1. The van der Waals surface area contributed by atoms with Gasteiger partial charge in [0.2, 0.25) is 5.91 Å². The Morgan fingerprint density at radius 2 is 1.96 bits per heavy atom. The molecule has 0 aliphatic heterocycles. The van der Waals surface area contributed by atoms with Crippen molar-refractivity contribution in [3.8, 4) is 5.69 Å². The molecule has 1 fully saturated rings. The van der Waals surface area contributed by atoms with Crippen LogP contribution in [0.2, 0.25) is 0 Å². The minimum atomic E-state index is 0. The standard InChI is InChI=1S/C20H28N6O.HI/c1-21-20(22-12-2-4-19(27)25-17-7-8-17)23-14-11-16-5-9-18(10-6-16)26-15-3-13-24-26;/h3,5-6,9-10,13,15,17H,2,4,7-8,11-12,14H2,1H3,(H,25,27)(H2,21,22,23);1H. The number of carbonyl (C=O) groups is 1. The molecule has 1 aliphatic carbocycles. The van der Waals surface area contributed by atoms with Crippen molar-refractivity contribution < 1.29 is 4.79 Å². The minimum Gasteiger partial charge on any atom is -0.356 e. The third-order valence-corrected chi connectivity index (χ3v) is 4.45. The van der Waals surface area contributed by atoms with Crippen molar-refractivity contribution in [3.63, 3.8) is 0 Å². The number of nitrogens with zero attached hydrogens (tertiary/aromatic N) is 3. The van der Waals surface area contributed by atoms with Crippen molar-refractivity contribution >= 4 is 35.8 Å². The quantitative estimate of drug-likeness (QED) is 0.215. The molecule has 152 valence electrons. The maximum Gasteiger partial charge on any atom is 0.220 e. The molecule has 1 aromatic heterocycles. The molecule has 0 spiro atoms. The van der Waals surface area contributed by atoms with Crippen LogP contribution in [-0.4, -0.2) is 47.8 Å². The lowest BCUT2D eigenvalue weighted by atomic mass is 10.1. The number of hydrogen-bond acceptors (Lipinski definition) is 3. The third-order valence-electron chi connectivity index (χ3n) is 4.45. The topological polar surface area (TPSA) is 83.3 Å². The zero-order valence-corrected chi connectivity index (χ0v) is 18.6. The molecule has 1 saturated carbocycles. The lowest BCUT2D eigenvalue weighted by Gasteiger charge is -2.12. The Hall–Kier alpha value is -2.10. The smallest absolute Gasteiger partial charge is 0.220 e. The van der Waals surface area contributed by atoms with E-state index in [2.05, 4.69) is 50.3 Å². The van der Waals surface area contributed by atoms with E-state index in [0.717, 1.165) is 50.4 Å². The van der Waals surface area contributed by atoms with Crippen LogP contribution in [0.4, 0.5) is 0 Å². The van der Waals surface area contributed by atoms with Crippen LogP contribution >= 0.6 is 24.0 Å². The van der Waals surface area contributed by atoms with Gasteiger partial charge in [-0.3, -0.25) is 9.79 Å². The summed E-state index contributed by atoms with van der Waals surface area (Å²) in [6.07, 6.45) is 8.23. The van der Waals surface area contributed by atoms with Crippen molar-refractivity contribution in [2.75, 3.05) is 20.1 Å². The highest BCUT2D eigenvalue weighted by Crippen LogP contribution is 2.18. The van der Waals surface area contributed by atoms with E-state index in [0.29, 0.717) is 12.5 Å². The molecule has 1 heterocycles. The fourth-order valence-electron chi connectivity index (χ4n) is 2.77. The number of aromatic nitrogens is 2. The second-order valence-corrected chi connectivity index (χ2v) is 6.74. The fourth-order valence-corrected chi connectivity index (χ4v) is 2.77. The van der Waals surface area contributed by atoms with Crippen LogP contribution in [0.25, 0.3) is 5.69 Å². The van der Waals surface area contributed by atoms with Crippen LogP contribution in [0.15, 0.2) is 47.7 Å². The highest BCUT2D eigenvalue weighted by atomic mass is 127. The molecule has 3 rings (SSSR count). The van der Waals surface area contributed by atoms with Crippen LogP contribution in [0.1, 0.15) is 31.2 Å². The van der Waals surface area contributed by atoms with Gasteiger partial charge in [-0.25, -0.2) is 4.68 Å². The molecule has 2 aromatic rings. The molecule has 0 bridgehead atoms. The average molecular weight is 496 g/mol. The van der Waals surface area contributed by atoms with Gasteiger partial charge in [0.1, 0.15) is 0 Å². The molecule has 0 unspecified atom stereocenters. The van der Waals surface area contributed by atoms with E-state index in [-0.39, 0.29) is 29.9 Å². The number of hydrogen-bond donors (Lipinski definition) is 3. The molecular weight excluding hydrogens is 467 g/mol. The van der Waals surface area contributed by atoms with Crippen LogP contribution in [0.5, 0.6) is 0 Å². The van der Waals surface area contributed by atoms with E-state index in [1.54, 1.807) is 13.2 Å². The zero-order chi connectivity index (χ0) is 18.9.